The van der Waals surface area contributed by atoms with Crippen LogP contribution in [0.4, 0.5) is 13.2 Å². The van der Waals surface area contributed by atoms with Gasteiger partial charge < -0.3 is 4.74 Å². The Balaban J connectivity index is 1.99. The molecule has 0 spiro atoms. The molecule has 2 aromatic heterocycles. The average molecular weight is 375 g/mol. The van der Waals surface area contributed by atoms with Gasteiger partial charge in [-0.15, -0.1) is 0 Å². The second kappa shape index (κ2) is 6.07. The highest BCUT2D eigenvalue weighted by Gasteiger charge is 2.40. The van der Waals surface area contributed by atoms with Crippen molar-refractivity contribution in [2.24, 2.45) is 0 Å². The van der Waals surface area contributed by atoms with Gasteiger partial charge in [0.2, 0.25) is 0 Å². The van der Waals surface area contributed by atoms with Crippen molar-refractivity contribution in [1.29, 1.82) is 0 Å². The zero-order valence-corrected chi connectivity index (χ0v) is 14.7. The lowest BCUT2D eigenvalue weighted by atomic mass is 9.88. The van der Waals surface area contributed by atoms with Crippen molar-refractivity contribution in [3.05, 3.63) is 52.8 Å². The van der Waals surface area contributed by atoms with E-state index in [9.17, 15) is 18.0 Å². The Morgan fingerprint density at radius 1 is 1.22 bits per heavy atom. The highest BCUT2D eigenvalue weighted by molar-refractivity contribution is 5.89. The third kappa shape index (κ3) is 2.94. The average Bonchev–Trinajstić information content (AvgIpc) is 3.01. The first kappa shape index (κ1) is 17.5. The normalized spacial score (nSPS) is 13.6. The molecule has 140 valence electrons. The molecule has 0 radical (unpaired) electrons. The minimum Gasteiger partial charge on any atom is -0.458 e. The molecule has 0 atom stereocenters. The molecule has 1 aliphatic rings. The SMILES string of the molecule is CC(C)OC(=O)c1cc2nc3c(c(C(F)(F)F)n2n1)CCc1ccccc1-3. The van der Waals surface area contributed by atoms with Crippen LogP contribution in [0.25, 0.3) is 16.9 Å². The lowest BCUT2D eigenvalue weighted by Crippen LogP contribution is -2.21. The molecule has 2 heterocycles. The number of halogens is 3. The summed E-state index contributed by atoms with van der Waals surface area (Å²) in [5.74, 6) is -0.776. The lowest BCUT2D eigenvalue weighted by Gasteiger charge is -2.23. The second-order valence-electron chi connectivity index (χ2n) is 6.70. The summed E-state index contributed by atoms with van der Waals surface area (Å²) < 4.78 is 47.5. The topological polar surface area (TPSA) is 56.5 Å². The van der Waals surface area contributed by atoms with E-state index in [0.717, 1.165) is 5.56 Å². The van der Waals surface area contributed by atoms with E-state index in [4.69, 9.17) is 4.74 Å². The maximum atomic E-state index is 13.9. The van der Waals surface area contributed by atoms with Crippen LogP contribution in [0, 0.1) is 0 Å². The van der Waals surface area contributed by atoms with Crippen LogP contribution >= 0.6 is 0 Å². The number of esters is 1. The number of benzene rings is 1. The van der Waals surface area contributed by atoms with Crippen molar-refractivity contribution < 1.29 is 22.7 Å². The summed E-state index contributed by atoms with van der Waals surface area (Å²) in [7, 11) is 0. The van der Waals surface area contributed by atoms with E-state index < -0.39 is 23.9 Å². The number of hydrogen-bond acceptors (Lipinski definition) is 4. The Labute approximate surface area is 152 Å². The van der Waals surface area contributed by atoms with E-state index in [0.29, 0.717) is 22.2 Å². The van der Waals surface area contributed by atoms with Crippen molar-refractivity contribution in [3.8, 4) is 11.3 Å². The van der Waals surface area contributed by atoms with Crippen molar-refractivity contribution >= 4 is 11.6 Å². The number of aromatic nitrogens is 3. The van der Waals surface area contributed by atoms with Crippen LogP contribution < -0.4 is 0 Å². The Kier molecular flexibility index (Phi) is 3.94. The molecule has 0 N–H and O–H groups in total. The van der Waals surface area contributed by atoms with Gasteiger partial charge >= 0.3 is 12.1 Å². The van der Waals surface area contributed by atoms with E-state index >= 15 is 0 Å². The number of rotatable bonds is 2. The maximum Gasteiger partial charge on any atom is 0.433 e. The van der Waals surface area contributed by atoms with E-state index in [2.05, 4.69) is 10.1 Å². The molecule has 0 bridgehead atoms. The summed E-state index contributed by atoms with van der Waals surface area (Å²) in [4.78, 5) is 16.5. The molecule has 4 rings (SSSR count). The maximum absolute atomic E-state index is 13.9. The van der Waals surface area contributed by atoms with E-state index in [1.54, 1.807) is 26.0 Å². The van der Waals surface area contributed by atoms with Gasteiger partial charge in [0.05, 0.1) is 11.8 Å². The van der Waals surface area contributed by atoms with Crippen LogP contribution in [-0.4, -0.2) is 26.7 Å². The van der Waals surface area contributed by atoms with E-state index in [-0.39, 0.29) is 23.3 Å². The first-order valence-corrected chi connectivity index (χ1v) is 8.55. The standard InChI is InChI=1S/C19H16F3N3O2/c1-10(2)27-18(26)14-9-15-23-16-12-6-4-3-5-11(12)7-8-13(16)17(19(20,21)22)25(15)24-14/h3-6,9-10H,7-8H2,1-2H3. The number of hydrogen-bond donors (Lipinski definition) is 0. The van der Waals surface area contributed by atoms with Gasteiger partial charge in [-0.25, -0.2) is 14.3 Å². The van der Waals surface area contributed by atoms with Crippen LogP contribution in [0.15, 0.2) is 30.3 Å². The van der Waals surface area contributed by atoms with Gasteiger partial charge in [-0.05, 0) is 32.3 Å². The van der Waals surface area contributed by atoms with Crippen LogP contribution in [-0.2, 0) is 23.8 Å². The third-order valence-corrected chi connectivity index (χ3v) is 4.44. The molecule has 0 saturated carbocycles. The highest BCUT2D eigenvalue weighted by atomic mass is 19.4. The number of alkyl halides is 3. The fourth-order valence-corrected chi connectivity index (χ4v) is 3.39. The number of nitrogens with zero attached hydrogens (tertiary/aromatic N) is 3. The summed E-state index contributed by atoms with van der Waals surface area (Å²) in [5, 5.41) is 3.86. The van der Waals surface area contributed by atoms with Crippen molar-refractivity contribution in [2.45, 2.75) is 39.0 Å². The molecule has 0 fully saturated rings. The summed E-state index contributed by atoms with van der Waals surface area (Å²) in [6, 6.07) is 8.51. The summed E-state index contributed by atoms with van der Waals surface area (Å²) in [6.07, 6.45) is -4.35. The van der Waals surface area contributed by atoms with Crippen LogP contribution in [0.5, 0.6) is 0 Å². The van der Waals surface area contributed by atoms with Crippen LogP contribution in [0.2, 0.25) is 0 Å². The van der Waals surface area contributed by atoms with Crippen molar-refractivity contribution in [2.75, 3.05) is 0 Å². The molecule has 8 heteroatoms. The Morgan fingerprint density at radius 2 is 1.96 bits per heavy atom. The Morgan fingerprint density at radius 3 is 2.67 bits per heavy atom. The van der Waals surface area contributed by atoms with E-state index in [1.807, 2.05) is 12.1 Å². The molecule has 0 unspecified atom stereocenters. The molecule has 27 heavy (non-hydrogen) atoms. The molecule has 3 aromatic rings. The number of ether oxygens (including phenoxy) is 1. The van der Waals surface area contributed by atoms with Gasteiger partial charge in [-0.1, -0.05) is 24.3 Å². The summed E-state index contributed by atoms with van der Waals surface area (Å²) in [6.45, 7) is 3.31. The highest BCUT2D eigenvalue weighted by Crippen LogP contribution is 2.40. The first-order chi connectivity index (χ1) is 12.8. The number of fused-ring (bicyclic) bond motifs is 4. The van der Waals surface area contributed by atoms with Gasteiger partial charge in [0, 0.05) is 17.2 Å². The second-order valence-corrected chi connectivity index (χ2v) is 6.70. The van der Waals surface area contributed by atoms with Crippen molar-refractivity contribution in [1.82, 2.24) is 14.6 Å². The molecule has 1 aromatic carbocycles. The summed E-state index contributed by atoms with van der Waals surface area (Å²) >= 11 is 0. The quantitative estimate of drug-likeness (QED) is 0.634. The van der Waals surface area contributed by atoms with Gasteiger partial charge in [0.1, 0.15) is 0 Å². The molecule has 0 amide bonds. The predicted molar refractivity (Wildman–Crippen MR) is 91.4 cm³/mol. The molecular formula is C19H16F3N3O2. The minimum absolute atomic E-state index is 0.0338. The lowest BCUT2D eigenvalue weighted by molar-refractivity contribution is -0.143. The van der Waals surface area contributed by atoms with Crippen LogP contribution in [0.3, 0.4) is 0 Å². The predicted octanol–water partition coefficient (Wildman–Crippen LogP) is 4.08. The third-order valence-electron chi connectivity index (χ3n) is 4.44. The van der Waals surface area contributed by atoms with Gasteiger partial charge in [-0.3, -0.25) is 0 Å². The van der Waals surface area contributed by atoms with Gasteiger partial charge in [0.25, 0.3) is 0 Å². The molecule has 0 saturated heterocycles. The van der Waals surface area contributed by atoms with E-state index in [1.165, 1.54) is 6.07 Å². The monoisotopic (exact) mass is 375 g/mol. The van der Waals surface area contributed by atoms with Crippen molar-refractivity contribution in [3.63, 3.8) is 0 Å². The molecule has 5 nitrogen and oxygen atoms in total. The molecular weight excluding hydrogens is 359 g/mol. The largest absolute Gasteiger partial charge is 0.458 e. The molecule has 1 aliphatic carbocycles. The fraction of sp³-hybridized carbons (Fsp3) is 0.316. The number of carbonyl (C=O) groups excluding carboxylic acids is 1. The number of aryl methyl sites for hydroxylation is 1. The first-order valence-electron chi connectivity index (χ1n) is 8.55. The number of carbonyl (C=O) groups is 1. The zero-order valence-electron chi connectivity index (χ0n) is 14.7. The zero-order chi connectivity index (χ0) is 19.3. The van der Waals surface area contributed by atoms with Gasteiger partial charge in [-0.2, -0.15) is 18.3 Å². The summed E-state index contributed by atoms with van der Waals surface area (Å²) in [5.41, 5.74) is 0.903. The Bertz CT molecular complexity index is 1050. The van der Waals surface area contributed by atoms with Gasteiger partial charge in [0.15, 0.2) is 17.0 Å². The Hall–Kier alpha value is -2.90. The smallest absolute Gasteiger partial charge is 0.433 e. The molecule has 0 aliphatic heterocycles. The fourth-order valence-electron chi connectivity index (χ4n) is 3.39. The minimum atomic E-state index is -4.64. The van der Waals surface area contributed by atoms with Crippen LogP contribution in [0.1, 0.15) is 41.2 Å².